The molecule has 1 heterocycles. The molecule has 2 rings (SSSR count). The maximum Gasteiger partial charge on any atom is 0.257 e. The molecule has 0 aliphatic rings. The third-order valence-electron chi connectivity index (χ3n) is 3.03. The van der Waals surface area contributed by atoms with Gasteiger partial charge in [-0.3, -0.25) is 4.79 Å². The van der Waals surface area contributed by atoms with Crippen LogP contribution in [0.3, 0.4) is 0 Å². The molecule has 1 amide bonds. The van der Waals surface area contributed by atoms with Crippen molar-refractivity contribution >= 4 is 11.6 Å². The SMILES string of the molecule is CCNC(C)c1ccccc1NC(=O)c1ccnnc1. The van der Waals surface area contributed by atoms with E-state index in [1.165, 1.54) is 12.4 Å². The van der Waals surface area contributed by atoms with Gasteiger partial charge >= 0.3 is 0 Å². The summed E-state index contributed by atoms with van der Waals surface area (Å²) in [6.45, 7) is 5.00. The van der Waals surface area contributed by atoms with Gasteiger partial charge in [-0.1, -0.05) is 25.1 Å². The van der Waals surface area contributed by atoms with E-state index in [1.54, 1.807) is 6.07 Å². The average Bonchev–Trinajstić information content (AvgIpc) is 2.49. The summed E-state index contributed by atoms with van der Waals surface area (Å²) in [5, 5.41) is 13.6. The van der Waals surface area contributed by atoms with Gasteiger partial charge in [-0.05, 0) is 31.2 Å². The molecule has 0 fully saturated rings. The lowest BCUT2D eigenvalue weighted by Crippen LogP contribution is -2.20. The minimum Gasteiger partial charge on any atom is -0.322 e. The molecule has 2 N–H and O–H groups in total. The van der Waals surface area contributed by atoms with E-state index in [2.05, 4.69) is 34.7 Å². The van der Waals surface area contributed by atoms with Crippen molar-refractivity contribution in [2.75, 3.05) is 11.9 Å². The molecule has 0 aliphatic heterocycles. The molecular weight excluding hydrogens is 252 g/mol. The molecule has 104 valence electrons. The van der Waals surface area contributed by atoms with Gasteiger partial charge in [0.25, 0.3) is 5.91 Å². The summed E-state index contributed by atoms with van der Waals surface area (Å²) in [5.41, 5.74) is 2.36. The van der Waals surface area contributed by atoms with E-state index in [0.717, 1.165) is 17.8 Å². The van der Waals surface area contributed by atoms with E-state index in [-0.39, 0.29) is 11.9 Å². The molecule has 1 unspecified atom stereocenters. The number of hydrogen-bond acceptors (Lipinski definition) is 4. The van der Waals surface area contributed by atoms with Crippen LogP contribution in [0.4, 0.5) is 5.69 Å². The Bertz CT molecular complexity index is 571. The van der Waals surface area contributed by atoms with Crippen LogP contribution in [0, 0.1) is 0 Å². The molecule has 5 heteroatoms. The molecule has 5 nitrogen and oxygen atoms in total. The molecule has 0 saturated carbocycles. The highest BCUT2D eigenvalue weighted by molar-refractivity contribution is 6.04. The molecular formula is C15H18N4O. The number of carbonyl (C=O) groups is 1. The maximum atomic E-state index is 12.1. The van der Waals surface area contributed by atoms with Crippen LogP contribution in [-0.4, -0.2) is 22.6 Å². The number of nitrogens with zero attached hydrogens (tertiary/aromatic N) is 2. The summed E-state index contributed by atoms with van der Waals surface area (Å²) < 4.78 is 0. The van der Waals surface area contributed by atoms with Crippen molar-refractivity contribution < 1.29 is 4.79 Å². The van der Waals surface area contributed by atoms with Crippen molar-refractivity contribution in [2.45, 2.75) is 19.9 Å². The Morgan fingerprint density at radius 2 is 2.05 bits per heavy atom. The number of carbonyl (C=O) groups excluding carboxylic acids is 1. The lowest BCUT2D eigenvalue weighted by atomic mass is 10.1. The molecule has 1 aromatic heterocycles. The topological polar surface area (TPSA) is 66.9 Å². The molecule has 0 radical (unpaired) electrons. The molecule has 0 saturated heterocycles. The first kappa shape index (κ1) is 14.1. The molecule has 2 aromatic rings. The Hall–Kier alpha value is -2.27. The standard InChI is InChI=1S/C15H18N4O/c1-3-16-11(2)13-6-4-5-7-14(13)19-15(20)12-8-9-17-18-10-12/h4-11,16H,3H2,1-2H3,(H,19,20). The predicted molar refractivity (Wildman–Crippen MR) is 78.5 cm³/mol. The summed E-state index contributed by atoms with van der Waals surface area (Å²) in [5.74, 6) is -0.184. The smallest absolute Gasteiger partial charge is 0.257 e. The molecule has 0 bridgehead atoms. The van der Waals surface area contributed by atoms with Crippen LogP contribution in [0.1, 0.15) is 35.8 Å². The fraction of sp³-hybridized carbons (Fsp3) is 0.267. The van der Waals surface area contributed by atoms with Crippen molar-refractivity contribution in [3.63, 3.8) is 0 Å². The van der Waals surface area contributed by atoms with Gasteiger partial charge in [0.05, 0.1) is 18.0 Å². The normalized spacial score (nSPS) is 11.9. The molecule has 1 aromatic carbocycles. The van der Waals surface area contributed by atoms with E-state index in [0.29, 0.717) is 5.56 Å². The number of aromatic nitrogens is 2. The quantitative estimate of drug-likeness (QED) is 0.875. The Balaban J connectivity index is 2.19. The van der Waals surface area contributed by atoms with Gasteiger partial charge in [-0.2, -0.15) is 10.2 Å². The zero-order chi connectivity index (χ0) is 14.4. The summed E-state index contributed by atoms with van der Waals surface area (Å²) in [6, 6.07) is 9.59. The van der Waals surface area contributed by atoms with Crippen molar-refractivity contribution in [1.82, 2.24) is 15.5 Å². The maximum absolute atomic E-state index is 12.1. The van der Waals surface area contributed by atoms with Crippen LogP contribution in [0.25, 0.3) is 0 Å². The Morgan fingerprint density at radius 3 is 2.75 bits per heavy atom. The number of amides is 1. The van der Waals surface area contributed by atoms with Crippen molar-refractivity contribution in [3.05, 3.63) is 53.9 Å². The molecule has 1 atom stereocenters. The van der Waals surface area contributed by atoms with Crippen LogP contribution < -0.4 is 10.6 Å². The second-order valence-corrected chi connectivity index (χ2v) is 4.45. The predicted octanol–water partition coefficient (Wildman–Crippen LogP) is 2.40. The molecule has 20 heavy (non-hydrogen) atoms. The van der Waals surface area contributed by atoms with Crippen LogP contribution in [-0.2, 0) is 0 Å². The van der Waals surface area contributed by atoms with Gasteiger partial charge in [0.2, 0.25) is 0 Å². The number of benzene rings is 1. The highest BCUT2D eigenvalue weighted by atomic mass is 16.1. The second-order valence-electron chi connectivity index (χ2n) is 4.45. The number of para-hydroxylation sites is 1. The fourth-order valence-corrected chi connectivity index (χ4v) is 2.02. The largest absolute Gasteiger partial charge is 0.322 e. The van der Waals surface area contributed by atoms with Gasteiger partial charge in [0.1, 0.15) is 0 Å². The van der Waals surface area contributed by atoms with E-state index in [1.807, 2.05) is 24.3 Å². The third-order valence-corrected chi connectivity index (χ3v) is 3.03. The van der Waals surface area contributed by atoms with Crippen molar-refractivity contribution in [3.8, 4) is 0 Å². The van der Waals surface area contributed by atoms with Crippen LogP contribution in [0.15, 0.2) is 42.7 Å². The Kier molecular flexibility index (Phi) is 4.79. The molecule has 0 aliphatic carbocycles. The minimum absolute atomic E-state index is 0.173. The van der Waals surface area contributed by atoms with Crippen LogP contribution in [0.2, 0.25) is 0 Å². The fourth-order valence-electron chi connectivity index (χ4n) is 2.02. The monoisotopic (exact) mass is 270 g/mol. The lowest BCUT2D eigenvalue weighted by molar-refractivity contribution is 0.102. The number of rotatable bonds is 5. The van der Waals surface area contributed by atoms with Gasteiger partial charge < -0.3 is 10.6 Å². The summed E-state index contributed by atoms with van der Waals surface area (Å²) in [4.78, 5) is 12.1. The minimum atomic E-state index is -0.184. The highest BCUT2D eigenvalue weighted by Crippen LogP contribution is 2.22. The van der Waals surface area contributed by atoms with Gasteiger partial charge in [0, 0.05) is 11.7 Å². The number of anilines is 1. The lowest BCUT2D eigenvalue weighted by Gasteiger charge is -2.17. The number of nitrogens with one attached hydrogen (secondary N) is 2. The first-order valence-corrected chi connectivity index (χ1v) is 6.62. The first-order chi connectivity index (χ1) is 9.72. The zero-order valence-electron chi connectivity index (χ0n) is 11.6. The Morgan fingerprint density at radius 1 is 1.25 bits per heavy atom. The third kappa shape index (κ3) is 3.39. The molecule has 0 spiro atoms. The second kappa shape index (κ2) is 6.77. The van der Waals surface area contributed by atoms with Gasteiger partial charge in [0.15, 0.2) is 0 Å². The van der Waals surface area contributed by atoms with Crippen molar-refractivity contribution in [1.29, 1.82) is 0 Å². The zero-order valence-corrected chi connectivity index (χ0v) is 11.6. The van der Waals surface area contributed by atoms with E-state index < -0.39 is 0 Å². The number of hydrogen-bond donors (Lipinski definition) is 2. The summed E-state index contributed by atoms with van der Waals surface area (Å²) >= 11 is 0. The van der Waals surface area contributed by atoms with Crippen molar-refractivity contribution in [2.24, 2.45) is 0 Å². The van der Waals surface area contributed by atoms with Gasteiger partial charge in [-0.25, -0.2) is 0 Å². The van der Waals surface area contributed by atoms with E-state index >= 15 is 0 Å². The highest BCUT2D eigenvalue weighted by Gasteiger charge is 2.12. The van der Waals surface area contributed by atoms with Crippen LogP contribution >= 0.6 is 0 Å². The first-order valence-electron chi connectivity index (χ1n) is 6.62. The van der Waals surface area contributed by atoms with Gasteiger partial charge in [-0.15, -0.1) is 0 Å². The average molecular weight is 270 g/mol. The van der Waals surface area contributed by atoms with E-state index in [4.69, 9.17) is 0 Å². The summed E-state index contributed by atoms with van der Waals surface area (Å²) in [7, 11) is 0. The van der Waals surface area contributed by atoms with Crippen LogP contribution in [0.5, 0.6) is 0 Å². The Labute approximate surface area is 118 Å². The van der Waals surface area contributed by atoms with E-state index in [9.17, 15) is 4.79 Å². The summed E-state index contributed by atoms with van der Waals surface area (Å²) in [6.07, 6.45) is 2.95.